The number of carbonyl (C=O) groups is 1. The molecule has 2 aromatic carbocycles. The van der Waals surface area contributed by atoms with Crippen LogP contribution in [0.15, 0.2) is 66.7 Å². The molecule has 0 radical (unpaired) electrons. The van der Waals surface area contributed by atoms with Crippen LogP contribution in [0, 0.1) is 0 Å². The lowest BCUT2D eigenvalue weighted by molar-refractivity contribution is 0.102. The maximum Gasteiger partial charge on any atom is 0.272 e. The molecule has 3 heterocycles. The number of aromatic amines is 1. The minimum Gasteiger partial charge on any atom is -0.355 e. The van der Waals surface area contributed by atoms with E-state index in [-0.39, 0.29) is 5.91 Å². The zero-order valence-corrected chi connectivity index (χ0v) is 17.3. The summed E-state index contributed by atoms with van der Waals surface area (Å²) in [5.74, 6) is 0.790. The number of carbonyl (C=O) groups excluding carboxylic acids is 1. The molecule has 2 N–H and O–H groups in total. The number of benzene rings is 2. The highest BCUT2D eigenvalue weighted by molar-refractivity contribution is 6.06. The predicted octanol–water partition coefficient (Wildman–Crippen LogP) is 5.26. The van der Waals surface area contributed by atoms with Crippen LogP contribution in [0.1, 0.15) is 36.2 Å². The molecule has 4 aromatic rings. The van der Waals surface area contributed by atoms with Crippen LogP contribution in [-0.2, 0) is 0 Å². The van der Waals surface area contributed by atoms with E-state index >= 15 is 0 Å². The first-order valence-corrected chi connectivity index (χ1v) is 10.8. The van der Waals surface area contributed by atoms with Gasteiger partial charge in [0, 0.05) is 35.2 Å². The van der Waals surface area contributed by atoms with Gasteiger partial charge >= 0.3 is 0 Å². The highest BCUT2D eigenvalue weighted by Gasteiger charge is 2.13. The Morgan fingerprint density at radius 1 is 0.871 bits per heavy atom. The molecule has 1 aliphatic heterocycles. The summed E-state index contributed by atoms with van der Waals surface area (Å²) < 4.78 is 0. The fourth-order valence-corrected chi connectivity index (χ4v) is 4.07. The topological polar surface area (TPSA) is 73.9 Å². The zero-order chi connectivity index (χ0) is 21.0. The van der Waals surface area contributed by atoms with E-state index in [1.54, 1.807) is 0 Å². The van der Waals surface area contributed by atoms with Gasteiger partial charge in [-0.25, -0.2) is 0 Å². The van der Waals surface area contributed by atoms with Gasteiger partial charge in [-0.15, -0.1) is 10.2 Å². The van der Waals surface area contributed by atoms with Crippen LogP contribution >= 0.6 is 0 Å². The van der Waals surface area contributed by atoms with Crippen molar-refractivity contribution in [2.24, 2.45) is 0 Å². The number of hydrogen-bond donors (Lipinski definition) is 2. The van der Waals surface area contributed by atoms with Crippen LogP contribution in [-0.4, -0.2) is 34.2 Å². The van der Waals surface area contributed by atoms with Crippen LogP contribution in [0.2, 0.25) is 0 Å². The monoisotopic (exact) mass is 411 g/mol. The number of aromatic nitrogens is 3. The lowest BCUT2D eigenvalue weighted by Crippen LogP contribution is -2.25. The first kappa shape index (κ1) is 19.3. The summed E-state index contributed by atoms with van der Waals surface area (Å²) in [7, 11) is 0. The van der Waals surface area contributed by atoms with E-state index in [1.165, 1.54) is 25.7 Å². The fraction of sp³-hybridized carbons (Fsp3) is 0.240. The van der Waals surface area contributed by atoms with Crippen molar-refractivity contribution < 1.29 is 4.79 Å². The van der Waals surface area contributed by atoms with E-state index < -0.39 is 0 Å². The number of hydrogen-bond acceptors (Lipinski definition) is 4. The van der Waals surface area contributed by atoms with Gasteiger partial charge < -0.3 is 15.2 Å². The van der Waals surface area contributed by atoms with E-state index in [4.69, 9.17) is 0 Å². The van der Waals surface area contributed by atoms with Crippen molar-refractivity contribution in [3.8, 4) is 11.3 Å². The molecule has 0 aliphatic carbocycles. The average molecular weight is 412 g/mol. The third kappa shape index (κ3) is 4.28. The second-order valence-corrected chi connectivity index (χ2v) is 7.98. The van der Waals surface area contributed by atoms with Crippen LogP contribution in [0.4, 0.5) is 11.5 Å². The third-order valence-electron chi connectivity index (χ3n) is 5.79. The van der Waals surface area contributed by atoms with E-state index in [0.717, 1.165) is 46.8 Å². The molecule has 6 nitrogen and oxygen atoms in total. The van der Waals surface area contributed by atoms with Gasteiger partial charge in [-0.2, -0.15) is 0 Å². The van der Waals surface area contributed by atoms with Gasteiger partial charge in [0.1, 0.15) is 5.69 Å². The van der Waals surface area contributed by atoms with Crippen molar-refractivity contribution in [2.75, 3.05) is 23.3 Å². The molecule has 6 heteroatoms. The lowest BCUT2D eigenvalue weighted by atomic mass is 10.1. The molecule has 0 atom stereocenters. The quantitative estimate of drug-likeness (QED) is 0.480. The van der Waals surface area contributed by atoms with Crippen LogP contribution in [0.25, 0.3) is 22.2 Å². The van der Waals surface area contributed by atoms with E-state index in [1.807, 2.05) is 60.7 Å². The Kier molecular flexibility index (Phi) is 5.35. The number of para-hydroxylation sites is 1. The summed E-state index contributed by atoms with van der Waals surface area (Å²) >= 11 is 0. The maximum absolute atomic E-state index is 12.6. The highest BCUT2D eigenvalue weighted by Crippen LogP contribution is 2.23. The summed E-state index contributed by atoms with van der Waals surface area (Å²) in [6, 6.07) is 21.5. The number of H-pyrrole nitrogens is 1. The molecule has 0 bridgehead atoms. The summed E-state index contributed by atoms with van der Waals surface area (Å²) in [6.45, 7) is 2.11. The van der Waals surface area contributed by atoms with Crippen LogP contribution < -0.4 is 10.2 Å². The van der Waals surface area contributed by atoms with Gasteiger partial charge in [0.25, 0.3) is 5.91 Å². The summed E-state index contributed by atoms with van der Waals surface area (Å²) in [6.07, 6.45) is 5.03. The Morgan fingerprint density at radius 2 is 1.65 bits per heavy atom. The minimum absolute atomic E-state index is 0.162. The molecule has 0 saturated carbocycles. The molecule has 1 saturated heterocycles. The number of nitrogens with zero attached hydrogens (tertiary/aromatic N) is 3. The second-order valence-electron chi connectivity index (χ2n) is 7.98. The SMILES string of the molecule is O=C(Nc1ccc(-c2ccc(N3CCCCCC3)nn2)cc1)c1cc2ccccc2[nH]1. The van der Waals surface area contributed by atoms with Crippen molar-refractivity contribution in [2.45, 2.75) is 25.7 Å². The van der Waals surface area contributed by atoms with Gasteiger partial charge in [-0.3, -0.25) is 4.79 Å². The third-order valence-corrected chi connectivity index (χ3v) is 5.79. The van der Waals surface area contributed by atoms with Crippen molar-refractivity contribution in [1.82, 2.24) is 15.2 Å². The Labute approximate surface area is 181 Å². The van der Waals surface area contributed by atoms with Gasteiger partial charge in [-0.1, -0.05) is 43.2 Å². The lowest BCUT2D eigenvalue weighted by Gasteiger charge is -2.20. The molecule has 156 valence electrons. The maximum atomic E-state index is 12.6. The number of fused-ring (bicyclic) bond motifs is 1. The van der Waals surface area contributed by atoms with Crippen molar-refractivity contribution in [3.63, 3.8) is 0 Å². The number of anilines is 2. The molecule has 1 fully saturated rings. The van der Waals surface area contributed by atoms with Crippen molar-refractivity contribution >= 4 is 28.3 Å². The second kappa shape index (κ2) is 8.60. The molecule has 0 spiro atoms. The Bertz CT molecular complexity index is 1140. The van der Waals surface area contributed by atoms with Crippen LogP contribution in [0.3, 0.4) is 0 Å². The smallest absolute Gasteiger partial charge is 0.272 e. The van der Waals surface area contributed by atoms with E-state index in [2.05, 4.69) is 31.5 Å². The van der Waals surface area contributed by atoms with E-state index in [9.17, 15) is 4.79 Å². The molecular formula is C25H25N5O. The Morgan fingerprint density at radius 3 is 2.35 bits per heavy atom. The number of amides is 1. The Hall–Kier alpha value is -3.67. The molecule has 31 heavy (non-hydrogen) atoms. The molecule has 1 amide bonds. The molecular weight excluding hydrogens is 386 g/mol. The first-order chi connectivity index (χ1) is 15.3. The number of nitrogens with one attached hydrogen (secondary N) is 2. The van der Waals surface area contributed by atoms with Crippen LogP contribution in [0.5, 0.6) is 0 Å². The fourth-order valence-electron chi connectivity index (χ4n) is 4.07. The number of rotatable bonds is 4. The minimum atomic E-state index is -0.162. The summed E-state index contributed by atoms with van der Waals surface area (Å²) in [5.41, 5.74) is 4.03. The van der Waals surface area contributed by atoms with Gasteiger partial charge in [-0.05, 0) is 49.2 Å². The highest BCUT2D eigenvalue weighted by atomic mass is 16.1. The zero-order valence-electron chi connectivity index (χ0n) is 17.3. The summed E-state index contributed by atoms with van der Waals surface area (Å²) in [4.78, 5) is 18.1. The molecule has 1 aliphatic rings. The normalized spacial score (nSPS) is 14.4. The van der Waals surface area contributed by atoms with Gasteiger partial charge in [0.2, 0.25) is 0 Å². The van der Waals surface area contributed by atoms with Gasteiger partial charge in [0.15, 0.2) is 5.82 Å². The average Bonchev–Trinajstić information content (AvgIpc) is 3.07. The summed E-state index contributed by atoms with van der Waals surface area (Å²) in [5, 5.41) is 12.8. The van der Waals surface area contributed by atoms with Crippen molar-refractivity contribution in [3.05, 3.63) is 72.4 Å². The molecule has 5 rings (SSSR count). The Balaban J connectivity index is 1.26. The first-order valence-electron chi connectivity index (χ1n) is 10.8. The molecule has 2 aromatic heterocycles. The largest absolute Gasteiger partial charge is 0.355 e. The standard InChI is InChI=1S/C25H25N5O/c31-25(23-17-19-7-3-4-8-21(19)27-23)26-20-11-9-18(10-12-20)22-13-14-24(29-28-22)30-15-5-1-2-6-16-30/h3-4,7-14,17,27H,1-2,5-6,15-16H2,(H,26,31). The molecule has 0 unspecified atom stereocenters. The van der Waals surface area contributed by atoms with E-state index in [0.29, 0.717) is 5.69 Å². The predicted molar refractivity (Wildman–Crippen MR) is 124 cm³/mol. The van der Waals surface area contributed by atoms with Crippen molar-refractivity contribution in [1.29, 1.82) is 0 Å². The van der Waals surface area contributed by atoms with Gasteiger partial charge in [0.05, 0.1) is 5.69 Å².